The molecular formula is C12H15N5O. The van der Waals surface area contributed by atoms with Gasteiger partial charge in [-0.25, -0.2) is 14.6 Å². The van der Waals surface area contributed by atoms with Gasteiger partial charge in [0, 0.05) is 12.1 Å². The van der Waals surface area contributed by atoms with E-state index in [-0.39, 0.29) is 12.1 Å². The van der Waals surface area contributed by atoms with Crippen molar-refractivity contribution < 1.29 is 5.11 Å². The first-order valence-electron chi connectivity index (χ1n) is 6.41. The number of aliphatic hydroxyl groups is 1. The third-order valence-corrected chi connectivity index (χ3v) is 3.88. The molecule has 2 saturated carbocycles. The minimum absolute atomic E-state index is 0.212. The molecule has 0 saturated heterocycles. The van der Waals surface area contributed by atoms with E-state index >= 15 is 0 Å². The van der Waals surface area contributed by atoms with Crippen LogP contribution in [0.3, 0.4) is 0 Å². The lowest BCUT2D eigenvalue weighted by Gasteiger charge is -2.31. The largest absolute Gasteiger partial charge is 0.393 e. The van der Waals surface area contributed by atoms with Gasteiger partial charge in [-0.15, -0.1) is 0 Å². The summed E-state index contributed by atoms with van der Waals surface area (Å²) in [5.74, 6) is 1.000. The summed E-state index contributed by atoms with van der Waals surface area (Å²) >= 11 is 0. The molecule has 3 N–H and O–H groups in total. The molecule has 0 amide bonds. The Bertz CT molecular complexity index is 612. The van der Waals surface area contributed by atoms with Crippen LogP contribution >= 0.6 is 0 Å². The summed E-state index contributed by atoms with van der Waals surface area (Å²) in [5, 5.41) is 13.7. The first-order chi connectivity index (χ1) is 8.72. The van der Waals surface area contributed by atoms with Gasteiger partial charge in [0.2, 0.25) is 0 Å². The monoisotopic (exact) mass is 245 g/mol. The maximum absolute atomic E-state index is 9.40. The van der Waals surface area contributed by atoms with E-state index in [1.807, 2.05) is 10.9 Å². The fourth-order valence-electron chi connectivity index (χ4n) is 2.53. The minimum atomic E-state index is -0.213. The summed E-state index contributed by atoms with van der Waals surface area (Å²) in [5.41, 5.74) is 8.37. The molecular weight excluding hydrogens is 230 g/mol. The molecule has 2 aromatic heterocycles. The van der Waals surface area contributed by atoms with Crippen LogP contribution in [0, 0.1) is 0 Å². The highest BCUT2D eigenvalue weighted by Crippen LogP contribution is 2.40. The molecule has 2 aromatic rings. The van der Waals surface area contributed by atoms with Crippen molar-refractivity contribution >= 4 is 17.0 Å². The second-order valence-electron chi connectivity index (χ2n) is 5.35. The fraction of sp³-hybridized carbons (Fsp3) is 0.583. The summed E-state index contributed by atoms with van der Waals surface area (Å²) in [7, 11) is 0. The Labute approximate surface area is 104 Å². The number of aliphatic hydroxyl groups excluding tert-OH is 1. The lowest BCUT2D eigenvalue weighted by atomic mass is 9.90. The minimum Gasteiger partial charge on any atom is -0.393 e. The van der Waals surface area contributed by atoms with Crippen LogP contribution in [0.5, 0.6) is 0 Å². The van der Waals surface area contributed by atoms with E-state index in [0.717, 1.165) is 24.2 Å². The molecule has 4 rings (SSSR count). The average Bonchev–Trinajstić information content (AvgIpc) is 3.12. The normalized spacial score (nSPS) is 27.4. The molecule has 2 aliphatic carbocycles. The Balaban J connectivity index is 1.83. The second kappa shape index (κ2) is 3.41. The predicted molar refractivity (Wildman–Crippen MR) is 66.0 cm³/mol. The molecule has 2 heterocycles. The predicted octanol–water partition coefficient (Wildman–Crippen LogP) is 0.982. The van der Waals surface area contributed by atoms with Gasteiger partial charge < -0.3 is 10.8 Å². The fourth-order valence-corrected chi connectivity index (χ4v) is 2.53. The van der Waals surface area contributed by atoms with Gasteiger partial charge in [0.15, 0.2) is 17.0 Å². The maximum atomic E-state index is 9.40. The van der Waals surface area contributed by atoms with E-state index in [9.17, 15) is 5.11 Å². The summed E-state index contributed by atoms with van der Waals surface area (Å²) in [6.45, 7) is 0. The first kappa shape index (κ1) is 10.3. The Morgan fingerprint density at radius 2 is 2.11 bits per heavy atom. The van der Waals surface area contributed by atoms with Crippen molar-refractivity contribution in [2.75, 3.05) is 5.73 Å². The number of rotatable bonds is 2. The number of hydrogen-bond donors (Lipinski definition) is 2. The van der Waals surface area contributed by atoms with Crippen LogP contribution in [0.1, 0.15) is 43.3 Å². The second-order valence-corrected chi connectivity index (χ2v) is 5.35. The number of nitrogens with two attached hydrogens (primary N) is 1. The van der Waals surface area contributed by atoms with E-state index in [4.69, 9.17) is 5.73 Å². The molecule has 94 valence electrons. The highest BCUT2D eigenvalue weighted by molar-refractivity contribution is 5.82. The van der Waals surface area contributed by atoms with Gasteiger partial charge in [-0.1, -0.05) is 0 Å². The van der Waals surface area contributed by atoms with Gasteiger partial charge in [-0.3, -0.25) is 0 Å². The molecule has 0 aromatic carbocycles. The van der Waals surface area contributed by atoms with Crippen LogP contribution in [0.15, 0.2) is 6.20 Å². The van der Waals surface area contributed by atoms with Crippen LogP contribution in [0.25, 0.3) is 11.2 Å². The van der Waals surface area contributed by atoms with E-state index in [2.05, 4.69) is 15.1 Å². The number of nitrogens with zero attached hydrogens (tertiary/aromatic N) is 4. The van der Waals surface area contributed by atoms with Crippen LogP contribution < -0.4 is 5.73 Å². The van der Waals surface area contributed by atoms with Crippen molar-refractivity contribution in [1.29, 1.82) is 0 Å². The van der Waals surface area contributed by atoms with Crippen molar-refractivity contribution in [2.24, 2.45) is 0 Å². The SMILES string of the molecule is Nc1nn(C2CC(O)C2)c2nc(C3CC3)cnc12. The summed E-state index contributed by atoms with van der Waals surface area (Å²) in [6.07, 6.45) is 5.46. The number of aromatic nitrogens is 4. The molecule has 2 aliphatic rings. The van der Waals surface area contributed by atoms with Gasteiger partial charge in [-0.2, -0.15) is 5.10 Å². The molecule has 0 radical (unpaired) electrons. The third-order valence-electron chi connectivity index (χ3n) is 3.88. The smallest absolute Gasteiger partial charge is 0.179 e. The molecule has 0 aliphatic heterocycles. The molecule has 0 spiro atoms. The Morgan fingerprint density at radius 3 is 2.78 bits per heavy atom. The van der Waals surface area contributed by atoms with E-state index in [1.165, 1.54) is 12.8 Å². The van der Waals surface area contributed by atoms with E-state index < -0.39 is 0 Å². The lowest BCUT2D eigenvalue weighted by Crippen LogP contribution is -2.31. The highest BCUT2D eigenvalue weighted by Gasteiger charge is 2.32. The summed E-state index contributed by atoms with van der Waals surface area (Å²) in [6, 6.07) is 0.212. The molecule has 6 nitrogen and oxygen atoms in total. The van der Waals surface area contributed by atoms with Crippen LogP contribution in [0.2, 0.25) is 0 Å². The first-order valence-corrected chi connectivity index (χ1v) is 6.41. The van der Waals surface area contributed by atoms with Crippen molar-refractivity contribution in [1.82, 2.24) is 19.7 Å². The molecule has 2 fully saturated rings. The Morgan fingerprint density at radius 1 is 1.33 bits per heavy atom. The number of nitrogen functional groups attached to an aromatic ring is 1. The van der Waals surface area contributed by atoms with Crippen LogP contribution in [-0.2, 0) is 0 Å². The zero-order valence-electron chi connectivity index (χ0n) is 9.95. The van der Waals surface area contributed by atoms with E-state index in [1.54, 1.807) is 0 Å². The van der Waals surface area contributed by atoms with Crippen molar-refractivity contribution in [3.63, 3.8) is 0 Å². The van der Waals surface area contributed by atoms with Gasteiger partial charge in [0.25, 0.3) is 0 Å². The van der Waals surface area contributed by atoms with Crippen molar-refractivity contribution in [3.8, 4) is 0 Å². The topological polar surface area (TPSA) is 89.8 Å². The average molecular weight is 245 g/mol. The Hall–Kier alpha value is -1.69. The summed E-state index contributed by atoms with van der Waals surface area (Å²) in [4.78, 5) is 9.05. The van der Waals surface area contributed by atoms with Gasteiger partial charge >= 0.3 is 0 Å². The molecule has 0 bridgehead atoms. The van der Waals surface area contributed by atoms with Crippen molar-refractivity contribution in [2.45, 2.75) is 43.7 Å². The number of hydrogen-bond acceptors (Lipinski definition) is 5. The number of fused-ring (bicyclic) bond motifs is 1. The van der Waals surface area contributed by atoms with Crippen LogP contribution in [-0.4, -0.2) is 31.0 Å². The Kier molecular flexibility index (Phi) is 1.94. The standard InChI is InChI=1S/C12H15N5O/c13-11-10-12(15-9(5-14-10)6-1-2-6)17(16-11)7-3-8(18)4-7/h5-8,18H,1-4H2,(H2,13,16). The zero-order chi connectivity index (χ0) is 12.3. The lowest BCUT2D eigenvalue weighted by molar-refractivity contribution is 0.0452. The molecule has 6 heteroatoms. The summed E-state index contributed by atoms with van der Waals surface area (Å²) < 4.78 is 1.84. The van der Waals surface area contributed by atoms with Gasteiger partial charge in [-0.05, 0) is 25.7 Å². The third kappa shape index (κ3) is 1.42. The quantitative estimate of drug-likeness (QED) is 0.823. The maximum Gasteiger partial charge on any atom is 0.179 e. The molecule has 18 heavy (non-hydrogen) atoms. The van der Waals surface area contributed by atoms with Gasteiger partial charge in [0.1, 0.15) is 0 Å². The highest BCUT2D eigenvalue weighted by atomic mass is 16.3. The molecule has 0 atom stereocenters. The van der Waals surface area contributed by atoms with Crippen LogP contribution in [0.4, 0.5) is 5.82 Å². The molecule has 0 unspecified atom stereocenters. The number of anilines is 1. The zero-order valence-corrected chi connectivity index (χ0v) is 9.95. The van der Waals surface area contributed by atoms with Crippen molar-refractivity contribution in [3.05, 3.63) is 11.9 Å². The van der Waals surface area contributed by atoms with Gasteiger partial charge in [0.05, 0.1) is 17.8 Å². The van der Waals surface area contributed by atoms with E-state index in [0.29, 0.717) is 17.3 Å².